The van der Waals surface area contributed by atoms with Gasteiger partial charge in [0.05, 0.1) is 0 Å². The van der Waals surface area contributed by atoms with Crippen molar-refractivity contribution < 1.29 is 4.74 Å². The molecule has 3 aromatic rings. The zero-order valence-electron chi connectivity index (χ0n) is 14.6. The second kappa shape index (κ2) is 6.63. The van der Waals surface area contributed by atoms with Crippen molar-refractivity contribution in [3.63, 3.8) is 0 Å². The first-order valence-electron chi connectivity index (χ1n) is 8.69. The first kappa shape index (κ1) is 15.7. The van der Waals surface area contributed by atoms with Crippen LogP contribution in [0.4, 0.5) is 11.8 Å². The number of aromatic nitrogens is 3. The Bertz CT molecular complexity index is 852. The van der Waals surface area contributed by atoms with Gasteiger partial charge in [0, 0.05) is 63.3 Å². The highest BCUT2D eigenvalue weighted by atomic mass is 16.5. The average molecular weight is 337 g/mol. The van der Waals surface area contributed by atoms with Crippen LogP contribution in [-0.4, -0.2) is 48.2 Å². The Kier molecular flexibility index (Phi) is 4.17. The van der Waals surface area contributed by atoms with E-state index in [9.17, 15) is 0 Å². The number of benzene rings is 1. The molecule has 1 aliphatic heterocycles. The van der Waals surface area contributed by atoms with Crippen molar-refractivity contribution in [1.82, 2.24) is 15.0 Å². The lowest BCUT2D eigenvalue weighted by Gasteiger charge is -2.33. The van der Waals surface area contributed by atoms with Gasteiger partial charge in [0.1, 0.15) is 17.7 Å². The molecule has 2 aromatic heterocycles. The number of rotatable bonds is 4. The van der Waals surface area contributed by atoms with Gasteiger partial charge in [-0.2, -0.15) is 4.98 Å². The summed E-state index contributed by atoms with van der Waals surface area (Å²) >= 11 is 0. The van der Waals surface area contributed by atoms with Crippen LogP contribution in [0.3, 0.4) is 0 Å². The first-order valence-corrected chi connectivity index (χ1v) is 8.69. The lowest BCUT2D eigenvalue weighted by molar-refractivity contribution is 0.173. The maximum atomic E-state index is 6.29. The van der Waals surface area contributed by atoms with E-state index >= 15 is 0 Å². The highest BCUT2D eigenvalue weighted by Gasteiger charge is 2.22. The molecule has 25 heavy (non-hydrogen) atoms. The van der Waals surface area contributed by atoms with E-state index in [2.05, 4.69) is 38.1 Å². The summed E-state index contributed by atoms with van der Waals surface area (Å²) in [5.74, 6) is 2.70. The zero-order chi connectivity index (χ0) is 17.2. The van der Waals surface area contributed by atoms with Crippen LogP contribution < -0.4 is 14.5 Å². The standard InChI is InChI=1S/C19H23N5O/c1-23(2)19-21-11-7-18(22-19)24-12-8-14(9-13-24)25-17-5-3-4-16-15(17)6-10-20-16/h3-7,10-11,14,20H,8-9,12-13H2,1-2H3. The molecule has 0 amide bonds. The summed E-state index contributed by atoms with van der Waals surface area (Å²) in [6.45, 7) is 1.88. The molecule has 6 heteroatoms. The van der Waals surface area contributed by atoms with Crippen LogP contribution >= 0.6 is 0 Å². The summed E-state index contributed by atoms with van der Waals surface area (Å²) in [6.07, 6.45) is 6.00. The van der Waals surface area contributed by atoms with Gasteiger partial charge in [-0.3, -0.25) is 0 Å². The number of H-pyrrole nitrogens is 1. The third-order valence-corrected chi connectivity index (χ3v) is 4.64. The van der Waals surface area contributed by atoms with Gasteiger partial charge in [-0.15, -0.1) is 0 Å². The molecule has 130 valence electrons. The van der Waals surface area contributed by atoms with Crippen molar-refractivity contribution in [2.75, 3.05) is 37.0 Å². The molecule has 0 unspecified atom stereocenters. The molecule has 1 N–H and O–H groups in total. The molecular weight excluding hydrogens is 314 g/mol. The van der Waals surface area contributed by atoms with Gasteiger partial charge in [0.2, 0.25) is 5.95 Å². The number of aromatic amines is 1. The minimum atomic E-state index is 0.243. The van der Waals surface area contributed by atoms with Gasteiger partial charge in [0.25, 0.3) is 0 Å². The van der Waals surface area contributed by atoms with Gasteiger partial charge in [-0.25, -0.2) is 4.98 Å². The molecule has 4 rings (SSSR count). The topological polar surface area (TPSA) is 57.3 Å². The summed E-state index contributed by atoms with van der Waals surface area (Å²) in [5, 5.41) is 1.15. The Morgan fingerprint density at radius 2 is 2.00 bits per heavy atom. The van der Waals surface area contributed by atoms with E-state index in [-0.39, 0.29) is 6.10 Å². The van der Waals surface area contributed by atoms with Crippen molar-refractivity contribution in [3.8, 4) is 5.75 Å². The van der Waals surface area contributed by atoms with E-state index in [0.29, 0.717) is 0 Å². The van der Waals surface area contributed by atoms with Crippen molar-refractivity contribution >= 4 is 22.7 Å². The molecule has 0 radical (unpaired) electrons. The maximum absolute atomic E-state index is 6.29. The number of fused-ring (bicyclic) bond motifs is 1. The monoisotopic (exact) mass is 337 g/mol. The van der Waals surface area contributed by atoms with Crippen molar-refractivity contribution in [2.45, 2.75) is 18.9 Å². The Morgan fingerprint density at radius 3 is 2.80 bits per heavy atom. The molecule has 1 fully saturated rings. The minimum Gasteiger partial charge on any atom is -0.490 e. The number of nitrogens with one attached hydrogen (secondary N) is 1. The van der Waals surface area contributed by atoms with Gasteiger partial charge >= 0.3 is 0 Å². The molecule has 6 nitrogen and oxygen atoms in total. The lowest BCUT2D eigenvalue weighted by Crippen LogP contribution is -2.38. The second-order valence-corrected chi connectivity index (χ2v) is 6.61. The van der Waals surface area contributed by atoms with Gasteiger partial charge in [-0.1, -0.05) is 6.07 Å². The Labute approximate surface area is 147 Å². The van der Waals surface area contributed by atoms with Crippen LogP contribution in [0.1, 0.15) is 12.8 Å². The van der Waals surface area contributed by atoms with E-state index in [4.69, 9.17) is 4.74 Å². The molecule has 0 bridgehead atoms. The van der Waals surface area contributed by atoms with Gasteiger partial charge in [-0.05, 0) is 24.3 Å². The predicted octanol–water partition coefficient (Wildman–Crippen LogP) is 3.07. The molecule has 0 saturated carbocycles. The van der Waals surface area contributed by atoms with E-state index in [1.807, 2.05) is 43.5 Å². The Morgan fingerprint density at radius 1 is 1.16 bits per heavy atom. The number of anilines is 2. The fourth-order valence-electron chi connectivity index (χ4n) is 3.27. The van der Waals surface area contributed by atoms with E-state index in [1.165, 1.54) is 0 Å². The number of nitrogens with zero attached hydrogens (tertiary/aromatic N) is 4. The highest BCUT2D eigenvalue weighted by molar-refractivity contribution is 5.85. The third kappa shape index (κ3) is 3.24. The first-order chi connectivity index (χ1) is 12.2. The SMILES string of the molecule is CN(C)c1nccc(N2CCC(Oc3cccc4[nH]ccc34)CC2)n1. The minimum absolute atomic E-state index is 0.243. The number of hydrogen-bond acceptors (Lipinski definition) is 5. The summed E-state index contributed by atoms with van der Waals surface area (Å²) < 4.78 is 6.29. The number of hydrogen-bond donors (Lipinski definition) is 1. The zero-order valence-corrected chi connectivity index (χ0v) is 14.6. The number of piperidine rings is 1. The van der Waals surface area contributed by atoms with E-state index in [1.54, 1.807) is 0 Å². The lowest BCUT2D eigenvalue weighted by atomic mass is 10.1. The molecule has 0 aliphatic carbocycles. The molecule has 3 heterocycles. The largest absolute Gasteiger partial charge is 0.490 e. The van der Waals surface area contributed by atoms with Crippen LogP contribution in [0, 0.1) is 0 Å². The summed E-state index contributed by atoms with van der Waals surface area (Å²) in [7, 11) is 3.92. The molecule has 0 spiro atoms. The Hall–Kier alpha value is -2.76. The van der Waals surface area contributed by atoms with Crippen LogP contribution in [-0.2, 0) is 0 Å². The maximum Gasteiger partial charge on any atom is 0.226 e. The van der Waals surface area contributed by atoms with Crippen molar-refractivity contribution in [3.05, 3.63) is 42.7 Å². The second-order valence-electron chi connectivity index (χ2n) is 6.61. The van der Waals surface area contributed by atoms with Gasteiger partial charge < -0.3 is 19.5 Å². The summed E-state index contributed by atoms with van der Waals surface area (Å²) in [5.41, 5.74) is 1.12. The molecule has 1 aliphatic rings. The normalized spacial score (nSPS) is 15.5. The fraction of sp³-hybridized carbons (Fsp3) is 0.368. The van der Waals surface area contributed by atoms with Crippen LogP contribution in [0.15, 0.2) is 42.7 Å². The molecule has 1 saturated heterocycles. The van der Waals surface area contributed by atoms with Crippen LogP contribution in [0.5, 0.6) is 5.75 Å². The average Bonchev–Trinajstić information content (AvgIpc) is 3.12. The molecule has 1 aromatic carbocycles. The van der Waals surface area contributed by atoms with Gasteiger partial charge in [0.15, 0.2) is 0 Å². The summed E-state index contributed by atoms with van der Waals surface area (Å²) in [6, 6.07) is 10.2. The van der Waals surface area contributed by atoms with E-state index < -0.39 is 0 Å². The molecular formula is C19H23N5O. The Balaban J connectivity index is 1.42. The fourth-order valence-corrected chi connectivity index (χ4v) is 3.27. The number of ether oxygens (including phenoxy) is 1. The van der Waals surface area contributed by atoms with Crippen molar-refractivity contribution in [2.24, 2.45) is 0 Å². The van der Waals surface area contributed by atoms with Crippen molar-refractivity contribution in [1.29, 1.82) is 0 Å². The molecule has 0 atom stereocenters. The highest BCUT2D eigenvalue weighted by Crippen LogP contribution is 2.28. The summed E-state index contributed by atoms with van der Waals surface area (Å²) in [4.78, 5) is 16.4. The predicted molar refractivity (Wildman–Crippen MR) is 101 cm³/mol. The smallest absolute Gasteiger partial charge is 0.226 e. The quantitative estimate of drug-likeness (QED) is 0.793. The van der Waals surface area contributed by atoms with E-state index in [0.717, 1.165) is 54.3 Å². The third-order valence-electron chi connectivity index (χ3n) is 4.64. The van der Waals surface area contributed by atoms with Crippen LogP contribution in [0.2, 0.25) is 0 Å². The van der Waals surface area contributed by atoms with Crippen LogP contribution in [0.25, 0.3) is 10.9 Å².